The summed E-state index contributed by atoms with van der Waals surface area (Å²) in [6, 6.07) is 0. The highest BCUT2D eigenvalue weighted by molar-refractivity contribution is 8.09. The molecule has 0 amide bonds. The number of nitrogens with two attached hydrogens (primary N) is 2. The predicted molar refractivity (Wildman–Crippen MR) is 37.7 cm³/mol. The molecule has 0 unspecified atom stereocenters. The van der Waals surface area contributed by atoms with Crippen LogP contribution in [0.25, 0.3) is 0 Å². The molecule has 10 heavy (non-hydrogen) atoms. The van der Waals surface area contributed by atoms with E-state index in [-0.39, 0.29) is 17.4 Å². The molecular formula is C4H7N3O2S. The van der Waals surface area contributed by atoms with Crippen LogP contribution in [0.5, 0.6) is 0 Å². The lowest BCUT2D eigenvalue weighted by Crippen LogP contribution is -2.19. The van der Waals surface area contributed by atoms with Crippen LogP contribution < -0.4 is 11.5 Å². The largest absolute Gasteiger partial charge is 0.383 e. The zero-order valence-corrected chi connectivity index (χ0v) is 5.93. The van der Waals surface area contributed by atoms with Gasteiger partial charge in [0.25, 0.3) is 0 Å². The molecule has 1 heterocycles. The molecule has 5 nitrogen and oxygen atoms in total. The minimum absolute atomic E-state index is 0.000417. The molecule has 1 aliphatic rings. The minimum Gasteiger partial charge on any atom is -0.383 e. The van der Waals surface area contributed by atoms with Gasteiger partial charge < -0.3 is 11.5 Å². The van der Waals surface area contributed by atoms with Crippen LogP contribution in [0.1, 0.15) is 0 Å². The van der Waals surface area contributed by atoms with Gasteiger partial charge in [0, 0.05) is 6.54 Å². The lowest BCUT2D eigenvalue weighted by atomic mass is 10.7. The lowest BCUT2D eigenvalue weighted by Gasteiger charge is -1.90. The van der Waals surface area contributed by atoms with Gasteiger partial charge >= 0.3 is 0 Å². The lowest BCUT2D eigenvalue weighted by molar-refractivity contribution is 0.615. The molecule has 4 N–H and O–H groups in total. The van der Waals surface area contributed by atoms with Gasteiger partial charge in [-0.25, -0.2) is 13.4 Å². The van der Waals surface area contributed by atoms with Crippen molar-refractivity contribution < 1.29 is 8.42 Å². The molecule has 0 aromatic rings. The first-order valence-electron chi connectivity index (χ1n) is 2.56. The molecular weight excluding hydrogens is 154 g/mol. The molecule has 0 atom stereocenters. The molecule has 0 aromatic carbocycles. The molecule has 0 bridgehead atoms. The fourth-order valence-corrected chi connectivity index (χ4v) is 1.59. The van der Waals surface area contributed by atoms with Crippen LogP contribution in [0.15, 0.2) is 16.2 Å². The van der Waals surface area contributed by atoms with Crippen molar-refractivity contribution in [2.75, 3.05) is 6.54 Å². The zero-order chi connectivity index (χ0) is 7.78. The van der Waals surface area contributed by atoms with Crippen molar-refractivity contribution in [3.8, 4) is 0 Å². The van der Waals surface area contributed by atoms with E-state index >= 15 is 0 Å². The number of hydrogen-bond acceptors (Lipinski definition) is 5. The van der Waals surface area contributed by atoms with Crippen LogP contribution in [0.2, 0.25) is 0 Å². The number of nitrogens with zero attached hydrogens (tertiary/aromatic N) is 1. The van der Waals surface area contributed by atoms with Gasteiger partial charge in [-0.05, 0) is 0 Å². The second kappa shape index (κ2) is 2.06. The van der Waals surface area contributed by atoms with E-state index in [1.807, 2.05) is 0 Å². The summed E-state index contributed by atoms with van der Waals surface area (Å²) in [5.74, 6) is 0.000417. The van der Waals surface area contributed by atoms with Crippen LogP contribution in [0, 0.1) is 0 Å². The maximum absolute atomic E-state index is 10.8. The van der Waals surface area contributed by atoms with Crippen molar-refractivity contribution >= 4 is 14.9 Å². The molecule has 0 radical (unpaired) electrons. The standard InChI is InChI=1S/C4H7N3O2S/c5-1-4-7-3(6)2-10(4,8)9/h2H,1,5-6H2. The Bertz CT molecular complexity index is 300. The summed E-state index contributed by atoms with van der Waals surface area (Å²) in [6.45, 7) is -0.0977. The van der Waals surface area contributed by atoms with Crippen LogP contribution in [0.4, 0.5) is 0 Å². The maximum atomic E-state index is 10.8. The third kappa shape index (κ3) is 1.03. The highest BCUT2D eigenvalue weighted by Crippen LogP contribution is 2.08. The molecule has 6 heteroatoms. The SMILES string of the molecule is NCC1=NC(N)=CS1(=O)=O. The van der Waals surface area contributed by atoms with Gasteiger partial charge in [0.05, 0.1) is 5.41 Å². The summed E-state index contributed by atoms with van der Waals surface area (Å²) < 4.78 is 21.7. The van der Waals surface area contributed by atoms with Crippen molar-refractivity contribution in [3.63, 3.8) is 0 Å². The third-order valence-corrected chi connectivity index (χ3v) is 2.50. The highest BCUT2D eigenvalue weighted by Gasteiger charge is 2.21. The Kier molecular flexibility index (Phi) is 1.49. The minimum atomic E-state index is -3.35. The fraction of sp³-hybridized carbons (Fsp3) is 0.250. The Hall–Kier alpha value is -0.880. The van der Waals surface area contributed by atoms with Crippen molar-refractivity contribution in [1.29, 1.82) is 0 Å². The summed E-state index contributed by atoms with van der Waals surface area (Å²) in [4.78, 5) is 3.50. The average Bonchev–Trinajstić information content (AvgIpc) is 2.04. The number of aliphatic imine (C=N–C) groups is 1. The summed E-state index contributed by atoms with van der Waals surface area (Å²) in [6.07, 6.45) is 0. The van der Waals surface area contributed by atoms with E-state index in [0.29, 0.717) is 0 Å². The Morgan fingerprint density at radius 3 is 2.40 bits per heavy atom. The van der Waals surface area contributed by atoms with E-state index in [1.165, 1.54) is 0 Å². The van der Waals surface area contributed by atoms with E-state index < -0.39 is 9.84 Å². The van der Waals surface area contributed by atoms with Gasteiger partial charge in [-0.2, -0.15) is 0 Å². The summed E-state index contributed by atoms with van der Waals surface area (Å²) in [5.41, 5.74) is 10.2. The number of hydrogen-bond donors (Lipinski definition) is 2. The maximum Gasteiger partial charge on any atom is 0.218 e. The van der Waals surface area contributed by atoms with E-state index in [2.05, 4.69) is 4.99 Å². The normalized spacial score (nSPS) is 22.1. The summed E-state index contributed by atoms with van der Waals surface area (Å²) in [7, 11) is -3.35. The first-order chi connectivity index (χ1) is 4.56. The van der Waals surface area contributed by atoms with E-state index in [0.717, 1.165) is 5.41 Å². The van der Waals surface area contributed by atoms with Crippen molar-refractivity contribution in [1.82, 2.24) is 0 Å². The molecule has 56 valence electrons. The van der Waals surface area contributed by atoms with Crippen molar-refractivity contribution in [3.05, 3.63) is 11.2 Å². The Labute approximate surface area is 58.3 Å². The molecule has 0 spiro atoms. The quantitative estimate of drug-likeness (QED) is 0.490. The van der Waals surface area contributed by atoms with Crippen LogP contribution in [0.3, 0.4) is 0 Å². The summed E-state index contributed by atoms with van der Waals surface area (Å²) >= 11 is 0. The zero-order valence-electron chi connectivity index (χ0n) is 5.11. The van der Waals surface area contributed by atoms with Gasteiger partial charge in [0.1, 0.15) is 5.82 Å². The van der Waals surface area contributed by atoms with E-state index in [1.54, 1.807) is 0 Å². The number of rotatable bonds is 1. The second-order valence-electron chi connectivity index (χ2n) is 1.80. The van der Waals surface area contributed by atoms with Crippen LogP contribution in [-0.2, 0) is 9.84 Å². The molecule has 0 aliphatic carbocycles. The Morgan fingerprint density at radius 1 is 1.60 bits per heavy atom. The van der Waals surface area contributed by atoms with Crippen LogP contribution >= 0.6 is 0 Å². The fourth-order valence-electron chi connectivity index (χ4n) is 0.623. The molecule has 0 fully saturated rings. The first kappa shape index (κ1) is 7.23. The molecule has 0 saturated heterocycles. The van der Waals surface area contributed by atoms with Gasteiger partial charge in [-0.15, -0.1) is 0 Å². The monoisotopic (exact) mass is 161 g/mol. The van der Waals surface area contributed by atoms with E-state index in [9.17, 15) is 8.42 Å². The van der Waals surface area contributed by atoms with Crippen molar-refractivity contribution in [2.24, 2.45) is 16.5 Å². The van der Waals surface area contributed by atoms with Gasteiger partial charge in [-0.3, -0.25) is 0 Å². The van der Waals surface area contributed by atoms with Crippen molar-refractivity contribution in [2.45, 2.75) is 0 Å². The molecule has 0 aromatic heterocycles. The van der Waals surface area contributed by atoms with Gasteiger partial charge in [0.2, 0.25) is 9.84 Å². The molecule has 1 aliphatic heterocycles. The Morgan fingerprint density at radius 2 is 2.20 bits per heavy atom. The molecule has 0 saturated carbocycles. The second-order valence-corrected chi connectivity index (χ2v) is 3.59. The Balaban J connectivity index is 3.15. The number of sulfone groups is 1. The van der Waals surface area contributed by atoms with Crippen LogP contribution in [-0.4, -0.2) is 20.0 Å². The predicted octanol–water partition coefficient (Wildman–Crippen LogP) is -1.47. The summed E-state index contributed by atoms with van der Waals surface area (Å²) in [5, 5.41) is 0.833. The van der Waals surface area contributed by atoms with E-state index in [4.69, 9.17) is 11.5 Å². The third-order valence-electron chi connectivity index (χ3n) is 1.03. The van der Waals surface area contributed by atoms with Gasteiger partial charge in [0.15, 0.2) is 5.04 Å². The molecule has 1 rings (SSSR count). The first-order valence-corrected chi connectivity index (χ1v) is 4.11. The topological polar surface area (TPSA) is 98.5 Å². The van der Waals surface area contributed by atoms with Gasteiger partial charge in [-0.1, -0.05) is 0 Å². The highest BCUT2D eigenvalue weighted by atomic mass is 32.2. The average molecular weight is 161 g/mol. The smallest absolute Gasteiger partial charge is 0.218 e.